The Hall–Kier alpha value is -4.32. The van der Waals surface area contributed by atoms with Crippen LogP contribution in [0.2, 0.25) is 0 Å². The molecule has 3 N–H and O–H groups in total. The SMILES string of the molecule is COc1cccc2[nH]c(C(=O)NC(C)CC3CCCCC3)cc12.N#CC1CC(C(=O)Nc2ccccc2)CN1C=O. The van der Waals surface area contributed by atoms with Crippen LogP contribution in [0.15, 0.2) is 54.6 Å². The first-order valence-electron chi connectivity index (χ1n) is 14.3. The van der Waals surface area contributed by atoms with Gasteiger partial charge >= 0.3 is 0 Å². The van der Waals surface area contributed by atoms with E-state index in [1.807, 2.05) is 48.5 Å². The molecule has 2 heterocycles. The predicted molar refractivity (Wildman–Crippen MR) is 158 cm³/mol. The fourth-order valence-electron chi connectivity index (χ4n) is 5.77. The molecule has 9 heteroatoms. The number of aromatic nitrogens is 1. The Labute approximate surface area is 241 Å². The molecule has 3 amide bonds. The summed E-state index contributed by atoms with van der Waals surface area (Å²) in [6.45, 7) is 2.41. The van der Waals surface area contributed by atoms with Crippen LogP contribution in [0.5, 0.6) is 5.75 Å². The highest BCUT2D eigenvalue weighted by Gasteiger charge is 2.35. The molecule has 2 fully saturated rings. The molecular weight excluding hydrogens is 518 g/mol. The Morgan fingerprint density at radius 2 is 1.90 bits per heavy atom. The molecule has 216 valence electrons. The summed E-state index contributed by atoms with van der Waals surface area (Å²) in [5.41, 5.74) is 2.25. The zero-order valence-corrected chi connectivity index (χ0v) is 23.8. The van der Waals surface area contributed by atoms with E-state index in [-0.39, 0.29) is 23.8 Å². The Balaban J connectivity index is 0.000000195. The van der Waals surface area contributed by atoms with Gasteiger partial charge in [0, 0.05) is 29.2 Å². The molecule has 1 saturated heterocycles. The van der Waals surface area contributed by atoms with Crippen LogP contribution in [-0.4, -0.2) is 53.8 Å². The van der Waals surface area contributed by atoms with Crippen LogP contribution in [0.3, 0.4) is 0 Å². The molecule has 3 aromatic rings. The van der Waals surface area contributed by atoms with Crippen LogP contribution in [0.25, 0.3) is 10.9 Å². The lowest BCUT2D eigenvalue weighted by atomic mass is 9.85. The van der Waals surface area contributed by atoms with Crippen LogP contribution >= 0.6 is 0 Å². The average Bonchev–Trinajstić information content (AvgIpc) is 3.63. The van der Waals surface area contributed by atoms with Crippen LogP contribution in [-0.2, 0) is 9.59 Å². The zero-order valence-electron chi connectivity index (χ0n) is 23.8. The van der Waals surface area contributed by atoms with Crippen molar-refractivity contribution in [3.63, 3.8) is 0 Å². The van der Waals surface area contributed by atoms with Crippen molar-refractivity contribution in [2.75, 3.05) is 19.0 Å². The number of para-hydroxylation sites is 1. The molecular formula is C32H39N5O4. The standard InChI is InChI=1S/C19H26N2O2.C13H13N3O2/c1-13(11-14-7-4-3-5-8-14)20-19(22)17-12-15-16(21-17)9-6-10-18(15)23-2;14-7-12-6-10(8-16(12)9-17)13(18)15-11-4-2-1-3-5-11/h6,9-10,12-14,21H,3-5,7-8,11H2,1-2H3,(H,20,22);1-5,9-10,12H,6,8H2,(H,15,18). The van der Waals surface area contributed by atoms with E-state index in [4.69, 9.17) is 10.00 Å². The number of nitrogens with zero attached hydrogens (tertiary/aromatic N) is 2. The highest BCUT2D eigenvalue weighted by molar-refractivity contribution is 5.99. The van der Waals surface area contributed by atoms with Crippen molar-refractivity contribution in [2.45, 2.75) is 64.0 Å². The first kappa shape index (κ1) is 29.7. The number of hydrogen-bond donors (Lipinski definition) is 3. The number of nitriles is 1. The number of benzene rings is 2. The minimum absolute atomic E-state index is 0.0356. The number of methoxy groups -OCH3 is 1. The number of ether oxygens (including phenoxy) is 1. The van der Waals surface area contributed by atoms with Gasteiger partial charge in [-0.2, -0.15) is 5.26 Å². The van der Waals surface area contributed by atoms with Crippen molar-refractivity contribution in [2.24, 2.45) is 11.8 Å². The lowest BCUT2D eigenvalue weighted by molar-refractivity contribution is -0.120. The minimum atomic E-state index is -0.492. The van der Waals surface area contributed by atoms with Gasteiger partial charge in [-0.25, -0.2) is 0 Å². The van der Waals surface area contributed by atoms with Crippen molar-refractivity contribution in [3.8, 4) is 11.8 Å². The van der Waals surface area contributed by atoms with Gasteiger partial charge in [-0.15, -0.1) is 0 Å². The van der Waals surface area contributed by atoms with Crippen LogP contribution < -0.4 is 15.4 Å². The quantitative estimate of drug-likeness (QED) is 0.326. The number of fused-ring (bicyclic) bond motifs is 1. The normalized spacial score (nSPS) is 19.4. The van der Waals surface area contributed by atoms with Crippen molar-refractivity contribution >= 4 is 34.8 Å². The van der Waals surface area contributed by atoms with Crippen LogP contribution in [0.4, 0.5) is 5.69 Å². The summed E-state index contributed by atoms with van der Waals surface area (Å²) in [7, 11) is 1.65. The molecule has 3 unspecified atom stereocenters. The summed E-state index contributed by atoms with van der Waals surface area (Å²) in [4.78, 5) is 39.8. The highest BCUT2D eigenvalue weighted by Crippen LogP contribution is 2.28. The molecule has 3 atom stereocenters. The number of H-pyrrole nitrogens is 1. The topological polar surface area (TPSA) is 127 Å². The monoisotopic (exact) mass is 557 g/mol. The molecule has 0 bridgehead atoms. The van der Waals surface area contributed by atoms with E-state index in [1.165, 1.54) is 37.0 Å². The second-order valence-electron chi connectivity index (χ2n) is 11.0. The van der Waals surface area contributed by atoms with Gasteiger partial charge in [-0.05, 0) is 56.0 Å². The molecule has 1 saturated carbocycles. The maximum Gasteiger partial charge on any atom is 0.267 e. The fourth-order valence-corrected chi connectivity index (χ4v) is 5.77. The maximum atomic E-state index is 12.5. The van der Waals surface area contributed by atoms with E-state index in [2.05, 4.69) is 22.5 Å². The number of anilines is 1. The number of aromatic amines is 1. The van der Waals surface area contributed by atoms with E-state index < -0.39 is 6.04 Å². The van der Waals surface area contributed by atoms with Gasteiger partial charge in [0.2, 0.25) is 12.3 Å². The number of carbonyl (C=O) groups excluding carboxylic acids is 3. The summed E-state index contributed by atoms with van der Waals surface area (Å²) in [5, 5.41) is 15.7. The van der Waals surface area contributed by atoms with Gasteiger partial charge in [0.15, 0.2) is 0 Å². The predicted octanol–water partition coefficient (Wildman–Crippen LogP) is 5.26. The molecule has 1 aliphatic heterocycles. The number of rotatable bonds is 8. The lowest BCUT2D eigenvalue weighted by Crippen LogP contribution is -2.34. The number of likely N-dealkylation sites (tertiary alicyclic amines) is 1. The van der Waals surface area contributed by atoms with E-state index in [0.29, 0.717) is 25.1 Å². The van der Waals surface area contributed by atoms with Crippen LogP contribution in [0.1, 0.15) is 62.4 Å². The third-order valence-corrected chi connectivity index (χ3v) is 7.91. The van der Waals surface area contributed by atoms with Gasteiger partial charge in [0.05, 0.1) is 19.1 Å². The Morgan fingerprint density at radius 3 is 2.56 bits per heavy atom. The molecule has 2 aromatic carbocycles. The largest absolute Gasteiger partial charge is 0.496 e. The third-order valence-electron chi connectivity index (χ3n) is 7.91. The van der Waals surface area contributed by atoms with Crippen LogP contribution in [0, 0.1) is 23.2 Å². The molecule has 0 spiro atoms. The summed E-state index contributed by atoms with van der Waals surface area (Å²) in [6, 6.07) is 18.5. The molecule has 2 aliphatic rings. The Morgan fingerprint density at radius 1 is 1.15 bits per heavy atom. The van der Waals surface area contributed by atoms with Crippen molar-refractivity contribution in [1.29, 1.82) is 5.26 Å². The summed E-state index contributed by atoms with van der Waals surface area (Å²) in [6.07, 6.45) is 8.77. The number of hydrogen-bond acceptors (Lipinski definition) is 5. The van der Waals surface area contributed by atoms with Crippen molar-refractivity contribution in [3.05, 3.63) is 60.3 Å². The van der Waals surface area contributed by atoms with Gasteiger partial charge in [-0.3, -0.25) is 14.4 Å². The lowest BCUT2D eigenvalue weighted by Gasteiger charge is -2.25. The van der Waals surface area contributed by atoms with E-state index >= 15 is 0 Å². The summed E-state index contributed by atoms with van der Waals surface area (Å²) < 4.78 is 5.35. The fraction of sp³-hybridized carbons (Fsp3) is 0.438. The molecule has 5 rings (SSSR count). The first-order chi connectivity index (χ1) is 19.9. The van der Waals surface area contributed by atoms with E-state index in [1.54, 1.807) is 19.2 Å². The maximum absolute atomic E-state index is 12.5. The molecule has 9 nitrogen and oxygen atoms in total. The van der Waals surface area contributed by atoms with Gasteiger partial charge in [-0.1, -0.05) is 56.4 Å². The third kappa shape index (κ3) is 7.88. The zero-order chi connectivity index (χ0) is 29.2. The molecule has 41 heavy (non-hydrogen) atoms. The van der Waals surface area contributed by atoms with E-state index in [9.17, 15) is 14.4 Å². The molecule has 1 aliphatic carbocycles. The van der Waals surface area contributed by atoms with Gasteiger partial charge in [0.25, 0.3) is 5.91 Å². The van der Waals surface area contributed by atoms with Crippen molar-refractivity contribution in [1.82, 2.24) is 15.2 Å². The molecule has 1 aromatic heterocycles. The Kier molecular flexibility index (Phi) is 10.4. The van der Waals surface area contributed by atoms with Gasteiger partial charge in [0.1, 0.15) is 17.5 Å². The van der Waals surface area contributed by atoms with E-state index in [0.717, 1.165) is 34.7 Å². The second-order valence-corrected chi connectivity index (χ2v) is 11.0. The minimum Gasteiger partial charge on any atom is -0.496 e. The highest BCUT2D eigenvalue weighted by atomic mass is 16.5. The average molecular weight is 558 g/mol. The second kappa shape index (κ2) is 14.4. The number of nitrogens with one attached hydrogen (secondary N) is 3. The first-order valence-corrected chi connectivity index (χ1v) is 14.3. The number of carbonyl (C=O) groups is 3. The van der Waals surface area contributed by atoms with Crippen molar-refractivity contribution < 1.29 is 19.1 Å². The molecule has 0 radical (unpaired) electrons. The summed E-state index contributed by atoms with van der Waals surface area (Å²) in [5.74, 6) is 1.05. The summed E-state index contributed by atoms with van der Waals surface area (Å²) >= 11 is 0. The number of amides is 3. The Bertz CT molecular complexity index is 1360. The smallest absolute Gasteiger partial charge is 0.267 e. The van der Waals surface area contributed by atoms with Gasteiger partial charge < -0.3 is 25.3 Å².